The molecule has 1 fully saturated rings. The average Bonchev–Trinajstić information content (AvgIpc) is 3.62. The SMILES string of the molecule is C=CC(=O)N1CCCC(c2cn(-c3ccc(NC(=O)c4cccc(C5=CC=NC5)n4)cc3)nn2)C1. The molecule has 0 spiro atoms. The largest absolute Gasteiger partial charge is 0.339 e. The molecule has 0 radical (unpaired) electrons. The van der Waals surface area contributed by atoms with Crippen molar-refractivity contribution < 1.29 is 9.59 Å². The summed E-state index contributed by atoms with van der Waals surface area (Å²) in [4.78, 5) is 35.1. The zero-order chi connectivity index (χ0) is 24.2. The summed E-state index contributed by atoms with van der Waals surface area (Å²) in [5, 5.41) is 11.5. The van der Waals surface area contributed by atoms with Gasteiger partial charge in [0, 0.05) is 36.5 Å². The molecule has 9 heteroatoms. The van der Waals surface area contributed by atoms with Gasteiger partial charge in [-0.05, 0) is 61.4 Å². The van der Waals surface area contributed by atoms with Crippen molar-refractivity contribution in [3.8, 4) is 5.69 Å². The van der Waals surface area contributed by atoms with Gasteiger partial charge in [-0.1, -0.05) is 17.9 Å². The second kappa shape index (κ2) is 9.84. The van der Waals surface area contributed by atoms with Crippen LogP contribution in [0.25, 0.3) is 11.3 Å². The molecule has 0 bridgehead atoms. The number of aliphatic imine (C=N–C) groups is 1. The van der Waals surface area contributed by atoms with E-state index in [9.17, 15) is 9.59 Å². The lowest BCUT2D eigenvalue weighted by Crippen LogP contribution is -2.38. The molecule has 35 heavy (non-hydrogen) atoms. The Kier molecular flexibility index (Phi) is 6.30. The van der Waals surface area contributed by atoms with Crippen LogP contribution in [0.1, 0.15) is 40.6 Å². The van der Waals surface area contributed by atoms with Crippen molar-refractivity contribution in [1.82, 2.24) is 24.9 Å². The smallest absolute Gasteiger partial charge is 0.274 e. The lowest BCUT2D eigenvalue weighted by atomic mass is 9.95. The molecule has 2 aliphatic heterocycles. The van der Waals surface area contributed by atoms with Crippen molar-refractivity contribution in [3.05, 3.63) is 84.5 Å². The minimum absolute atomic E-state index is 0.0497. The molecule has 1 unspecified atom stereocenters. The molecule has 2 aromatic heterocycles. The predicted octanol–water partition coefficient (Wildman–Crippen LogP) is 3.27. The zero-order valence-electron chi connectivity index (χ0n) is 19.2. The number of carbonyl (C=O) groups is 2. The van der Waals surface area contributed by atoms with Gasteiger partial charge in [0.25, 0.3) is 5.91 Å². The van der Waals surface area contributed by atoms with Crippen molar-refractivity contribution in [2.24, 2.45) is 4.99 Å². The highest BCUT2D eigenvalue weighted by Crippen LogP contribution is 2.26. The van der Waals surface area contributed by atoms with Crippen molar-refractivity contribution in [3.63, 3.8) is 0 Å². The van der Waals surface area contributed by atoms with E-state index in [1.807, 2.05) is 48.7 Å². The van der Waals surface area contributed by atoms with Gasteiger partial charge in [0.1, 0.15) is 5.69 Å². The molecule has 1 aromatic carbocycles. The predicted molar refractivity (Wildman–Crippen MR) is 134 cm³/mol. The number of benzene rings is 1. The normalized spacial score (nSPS) is 17.2. The molecule has 2 aliphatic rings. The summed E-state index contributed by atoms with van der Waals surface area (Å²) in [6.45, 7) is 5.52. The third kappa shape index (κ3) is 4.93. The van der Waals surface area contributed by atoms with Crippen LogP contribution in [-0.4, -0.2) is 62.5 Å². The molecule has 3 aromatic rings. The topological polar surface area (TPSA) is 105 Å². The maximum absolute atomic E-state index is 12.7. The first-order valence-corrected chi connectivity index (χ1v) is 11.5. The highest BCUT2D eigenvalue weighted by Gasteiger charge is 2.25. The Morgan fingerprint density at radius 3 is 2.77 bits per heavy atom. The van der Waals surface area contributed by atoms with E-state index < -0.39 is 0 Å². The van der Waals surface area contributed by atoms with Gasteiger partial charge in [-0.25, -0.2) is 9.67 Å². The van der Waals surface area contributed by atoms with Gasteiger partial charge >= 0.3 is 0 Å². The van der Waals surface area contributed by atoms with Gasteiger partial charge in [0.2, 0.25) is 5.91 Å². The van der Waals surface area contributed by atoms with Crippen LogP contribution in [0.15, 0.2) is 72.4 Å². The van der Waals surface area contributed by atoms with E-state index in [1.54, 1.807) is 21.9 Å². The number of aromatic nitrogens is 4. The van der Waals surface area contributed by atoms with Gasteiger partial charge < -0.3 is 10.2 Å². The number of hydrogen-bond donors (Lipinski definition) is 1. The maximum atomic E-state index is 12.7. The van der Waals surface area contributed by atoms with E-state index in [0.717, 1.165) is 42.0 Å². The Morgan fingerprint density at radius 2 is 2.00 bits per heavy atom. The van der Waals surface area contributed by atoms with E-state index in [4.69, 9.17) is 0 Å². The second-order valence-electron chi connectivity index (χ2n) is 8.51. The van der Waals surface area contributed by atoms with Crippen molar-refractivity contribution in [2.75, 3.05) is 25.0 Å². The Bertz CT molecular complexity index is 1320. The molecule has 0 aliphatic carbocycles. The molecule has 2 amide bonds. The minimum atomic E-state index is -0.280. The van der Waals surface area contributed by atoms with E-state index in [1.165, 1.54) is 6.08 Å². The first kappa shape index (κ1) is 22.4. The van der Waals surface area contributed by atoms with Crippen LogP contribution in [0, 0.1) is 0 Å². The number of nitrogens with one attached hydrogen (secondary N) is 1. The van der Waals surface area contributed by atoms with Crippen LogP contribution < -0.4 is 5.32 Å². The highest BCUT2D eigenvalue weighted by atomic mass is 16.2. The van der Waals surface area contributed by atoms with Crippen LogP contribution in [-0.2, 0) is 4.79 Å². The number of anilines is 1. The quantitative estimate of drug-likeness (QED) is 0.560. The monoisotopic (exact) mass is 467 g/mol. The zero-order valence-corrected chi connectivity index (χ0v) is 19.2. The molecule has 9 nitrogen and oxygen atoms in total. The van der Waals surface area contributed by atoms with Crippen molar-refractivity contribution in [1.29, 1.82) is 0 Å². The molecular formula is C26H25N7O2. The molecule has 5 rings (SSSR count). The lowest BCUT2D eigenvalue weighted by Gasteiger charge is -2.30. The molecular weight excluding hydrogens is 442 g/mol. The molecule has 0 saturated carbocycles. The van der Waals surface area contributed by atoms with Crippen LogP contribution in [0.5, 0.6) is 0 Å². The number of hydrogen-bond acceptors (Lipinski definition) is 6. The first-order valence-electron chi connectivity index (χ1n) is 11.5. The van der Waals surface area contributed by atoms with Crippen LogP contribution >= 0.6 is 0 Å². The Morgan fingerprint density at radius 1 is 1.14 bits per heavy atom. The summed E-state index contributed by atoms with van der Waals surface area (Å²) < 4.78 is 1.71. The fourth-order valence-corrected chi connectivity index (χ4v) is 4.28. The summed E-state index contributed by atoms with van der Waals surface area (Å²) in [6, 6.07) is 12.8. The molecule has 176 valence electrons. The third-order valence-corrected chi connectivity index (χ3v) is 6.18. The number of piperidine rings is 1. The van der Waals surface area contributed by atoms with Crippen molar-refractivity contribution in [2.45, 2.75) is 18.8 Å². The van der Waals surface area contributed by atoms with Gasteiger partial charge in [0.15, 0.2) is 0 Å². The molecule has 1 N–H and O–H groups in total. The number of likely N-dealkylation sites (tertiary alicyclic amines) is 1. The standard InChI is InChI=1S/C26H25N7O2/c1-2-25(34)32-14-4-5-19(16-32)24-17-33(31-30-24)21-10-8-20(9-11-21)28-26(35)23-7-3-6-22(29-23)18-12-13-27-15-18/h2-3,6-13,17,19H,1,4-5,14-16H2,(H,28,35). The third-order valence-electron chi connectivity index (χ3n) is 6.18. The molecule has 4 heterocycles. The van der Waals surface area contributed by atoms with E-state index >= 15 is 0 Å². The highest BCUT2D eigenvalue weighted by molar-refractivity contribution is 6.03. The van der Waals surface area contributed by atoms with Crippen LogP contribution in [0.4, 0.5) is 5.69 Å². The molecule has 1 saturated heterocycles. The Balaban J connectivity index is 1.24. The van der Waals surface area contributed by atoms with Crippen LogP contribution in [0.3, 0.4) is 0 Å². The average molecular weight is 468 g/mol. The first-order chi connectivity index (χ1) is 17.1. The van der Waals surface area contributed by atoms with E-state index in [0.29, 0.717) is 24.5 Å². The Labute approximate surface area is 202 Å². The van der Waals surface area contributed by atoms with E-state index in [2.05, 4.69) is 32.2 Å². The summed E-state index contributed by atoms with van der Waals surface area (Å²) >= 11 is 0. The maximum Gasteiger partial charge on any atom is 0.274 e. The number of amides is 2. The summed E-state index contributed by atoms with van der Waals surface area (Å²) in [5.41, 5.74) is 4.42. The fourth-order valence-electron chi connectivity index (χ4n) is 4.28. The van der Waals surface area contributed by atoms with Gasteiger partial charge in [0.05, 0.1) is 29.8 Å². The van der Waals surface area contributed by atoms with Gasteiger partial charge in [-0.15, -0.1) is 5.10 Å². The number of rotatable bonds is 6. The number of pyridine rings is 1. The van der Waals surface area contributed by atoms with Gasteiger partial charge in [-0.3, -0.25) is 14.6 Å². The fraction of sp³-hybridized carbons (Fsp3) is 0.231. The Hall–Kier alpha value is -4.40. The summed E-state index contributed by atoms with van der Waals surface area (Å²) in [7, 11) is 0. The van der Waals surface area contributed by atoms with Crippen LogP contribution in [0.2, 0.25) is 0 Å². The van der Waals surface area contributed by atoms with E-state index in [-0.39, 0.29) is 17.7 Å². The second-order valence-corrected chi connectivity index (χ2v) is 8.51. The minimum Gasteiger partial charge on any atom is -0.339 e. The number of carbonyl (C=O) groups excluding carboxylic acids is 2. The number of allylic oxidation sites excluding steroid dienone is 1. The summed E-state index contributed by atoms with van der Waals surface area (Å²) in [6.07, 6.45) is 8.80. The summed E-state index contributed by atoms with van der Waals surface area (Å²) in [5.74, 6) is -0.181. The lowest BCUT2D eigenvalue weighted by molar-refractivity contribution is -0.127. The van der Waals surface area contributed by atoms with Gasteiger partial charge in [-0.2, -0.15) is 0 Å². The number of nitrogens with zero attached hydrogens (tertiary/aromatic N) is 6. The molecule has 1 atom stereocenters. The van der Waals surface area contributed by atoms with Crippen molar-refractivity contribution >= 4 is 29.3 Å².